The zero-order valence-corrected chi connectivity index (χ0v) is 13.6. The minimum atomic E-state index is -4.46. The van der Waals surface area contributed by atoms with E-state index in [1.54, 1.807) is 6.08 Å². The molecule has 2 aliphatic rings. The van der Waals surface area contributed by atoms with Crippen molar-refractivity contribution < 1.29 is 23.3 Å². The lowest BCUT2D eigenvalue weighted by Gasteiger charge is -2.22. The molecular weight excluding hydrogens is 291 g/mol. The van der Waals surface area contributed by atoms with Gasteiger partial charge in [-0.05, 0) is 36.2 Å². The van der Waals surface area contributed by atoms with Crippen molar-refractivity contribution in [3.8, 4) is 0 Å². The van der Waals surface area contributed by atoms with Crippen LogP contribution in [0.5, 0.6) is 0 Å². The Hall–Kier alpha value is -1.26. The molecule has 2 N–H and O–H groups in total. The van der Waals surface area contributed by atoms with Crippen LogP contribution in [0.4, 0.5) is 13.2 Å². The predicted molar refractivity (Wildman–Crippen MR) is 79.9 cm³/mol. The number of alkyl halides is 3. The van der Waals surface area contributed by atoms with Crippen LogP contribution in [-0.4, -0.2) is 18.5 Å². The number of ether oxygens (including phenoxy) is 1. The van der Waals surface area contributed by atoms with Gasteiger partial charge in [-0.15, -0.1) is 0 Å². The van der Waals surface area contributed by atoms with Gasteiger partial charge in [-0.2, -0.15) is 13.2 Å². The maximum absolute atomic E-state index is 12.9. The van der Waals surface area contributed by atoms with Gasteiger partial charge in [0, 0.05) is 11.5 Å². The maximum Gasteiger partial charge on any atom is 0.477 e. The molecule has 2 aliphatic carbocycles. The van der Waals surface area contributed by atoms with Crippen LogP contribution in [0.3, 0.4) is 0 Å². The lowest BCUT2D eigenvalue weighted by molar-refractivity contribution is -0.166. The molecule has 0 bridgehead atoms. The molecule has 0 aliphatic heterocycles. The second kappa shape index (κ2) is 6.09. The summed E-state index contributed by atoms with van der Waals surface area (Å²) in [7, 11) is 0. The number of hydrogen-bond acceptors (Lipinski definition) is 1. The first-order chi connectivity index (χ1) is 10.1. The van der Waals surface area contributed by atoms with Crippen molar-refractivity contribution in [2.75, 3.05) is 6.61 Å². The standard InChI is InChI=1S/C17H24F3NO/c1-9(2)8-22-15-6-10(3)5-14(16(21)17(18,19)20)13-7-12(13)11(15)4/h5-6,9-13,21H,7-8H2,1-4H3/p+1. The van der Waals surface area contributed by atoms with Gasteiger partial charge in [-0.3, -0.25) is 0 Å². The molecule has 0 aromatic carbocycles. The van der Waals surface area contributed by atoms with Crippen LogP contribution in [0.15, 0.2) is 23.5 Å². The van der Waals surface area contributed by atoms with Gasteiger partial charge in [0.1, 0.15) is 0 Å². The first-order valence-corrected chi connectivity index (χ1v) is 7.87. The number of rotatable bonds is 4. The van der Waals surface area contributed by atoms with E-state index < -0.39 is 11.9 Å². The van der Waals surface area contributed by atoms with Crippen molar-refractivity contribution >= 4 is 5.71 Å². The first kappa shape index (κ1) is 17.1. The highest BCUT2D eigenvalue weighted by atomic mass is 19.4. The van der Waals surface area contributed by atoms with Gasteiger partial charge >= 0.3 is 6.18 Å². The summed E-state index contributed by atoms with van der Waals surface area (Å²) in [6.45, 7) is 8.70. The molecule has 0 spiro atoms. The van der Waals surface area contributed by atoms with E-state index >= 15 is 0 Å². The van der Waals surface area contributed by atoms with Gasteiger partial charge < -0.3 is 4.74 Å². The highest BCUT2D eigenvalue weighted by Crippen LogP contribution is 2.53. The highest BCUT2D eigenvalue weighted by Gasteiger charge is 2.53. The fourth-order valence-corrected chi connectivity index (χ4v) is 3.10. The van der Waals surface area contributed by atoms with Crippen molar-refractivity contribution in [3.05, 3.63) is 23.5 Å². The first-order valence-electron chi connectivity index (χ1n) is 7.87. The Morgan fingerprint density at radius 3 is 2.50 bits per heavy atom. The monoisotopic (exact) mass is 316 g/mol. The molecule has 1 saturated carbocycles. The summed E-state index contributed by atoms with van der Waals surface area (Å²) in [5.41, 5.74) is -0.657. The Morgan fingerprint density at radius 2 is 1.95 bits per heavy atom. The third kappa shape index (κ3) is 3.73. The summed E-state index contributed by atoms with van der Waals surface area (Å²) in [6.07, 6.45) is -0.121. The summed E-state index contributed by atoms with van der Waals surface area (Å²) in [5.74, 6) is 1.44. The molecule has 4 atom stereocenters. The predicted octanol–water partition coefficient (Wildman–Crippen LogP) is 3.15. The molecule has 22 heavy (non-hydrogen) atoms. The van der Waals surface area contributed by atoms with Crippen molar-refractivity contribution in [1.29, 1.82) is 0 Å². The van der Waals surface area contributed by atoms with Crippen molar-refractivity contribution in [2.24, 2.45) is 29.6 Å². The number of halogens is 3. The Morgan fingerprint density at radius 1 is 1.32 bits per heavy atom. The molecule has 0 radical (unpaired) electrons. The van der Waals surface area contributed by atoms with Crippen LogP contribution in [0.1, 0.15) is 34.1 Å². The Labute approximate surface area is 129 Å². The van der Waals surface area contributed by atoms with E-state index in [1.165, 1.54) is 0 Å². The van der Waals surface area contributed by atoms with E-state index in [4.69, 9.17) is 10.1 Å². The van der Waals surface area contributed by atoms with Crippen molar-refractivity contribution in [2.45, 2.75) is 40.3 Å². The van der Waals surface area contributed by atoms with Gasteiger partial charge in [-0.25, -0.2) is 5.41 Å². The van der Waals surface area contributed by atoms with Crippen LogP contribution in [0, 0.1) is 29.6 Å². The van der Waals surface area contributed by atoms with E-state index in [2.05, 4.69) is 13.8 Å². The van der Waals surface area contributed by atoms with Gasteiger partial charge in [0.05, 0.1) is 12.4 Å². The molecule has 1 fully saturated rings. The minimum Gasteiger partial charge on any atom is -0.498 e. The second-order valence-electron chi connectivity index (χ2n) is 6.96. The highest BCUT2D eigenvalue weighted by molar-refractivity contribution is 6.00. The Balaban J connectivity index is 2.25. The summed E-state index contributed by atoms with van der Waals surface area (Å²) >= 11 is 0. The molecule has 0 amide bonds. The van der Waals surface area contributed by atoms with Crippen molar-refractivity contribution in [3.63, 3.8) is 0 Å². The topological polar surface area (TPSA) is 34.8 Å². The molecule has 4 unspecified atom stereocenters. The number of hydrogen-bond donors (Lipinski definition) is 1. The third-order valence-electron chi connectivity index (χ3n) is 4.40. The minimum absolute atomic E-state index is 0.0922. The zero-order valence-electron chi connectivity index (χ0n) is 13.6. The maximum atomic E-state index is 12.9. The fourth-order valence-electron chi connectivity index (χ4n) is 3.10. The fraction of sp³-hybridized carbons (Fsp3) is 0.706. The molecule has 0 aromatic rings. The molecule has 5 heteroatoms. The third-order valence-corrected chi connectivity index (χ3v) is 4.40. The lowest BCUT2D eigenvalue weighted by atomic mass is 9.90. The molecule has 124 valence electrons. The van der Waals surface area contributed by atoms with E-state index in [1.807, 2.05) is 19.9 Å². The van der Waals surface area contributed by atoms with Gasteiger partial charge in [0.15, 0.2) is 0 Å². The molecule has 0 saturated heterocycles. The van der Waals surface area contributed by atoms with E-state index in [0.29, 0.717) is 12.5 Å². The average molecular weight is 316 g/mol. The Kier molecular flexibility index (Phi) is 4.73. The zero-order chi connectivity index (χ0) is 16.7. The summed E-state index contributed by atoms with van der Waals surface area (Å²) in [4.78, 5) is 0. The van der Waals surface area contributed by atoms with Gasteiger partial charge in [0.25, 0.3) is 5.71 Å². The normalized spacial score (nSPS) is 31.6. The van der Waals surface area contributed by atoms with Crippen molar-refractivity contribution in [1.82, 2.24) is 0 Å². The lowest BCUT2D eigenvalue weighted by Crippen LogP contribution is -2.50. The quantitative estimate of drug-likeness (QED) is 0.795. The largest absolute Gasteiger partial charge is 0.498 e. The average Bonchev–Trinajstić information content (AvgIpc) is 3.16. The van der Waals surface area contributed by atoms with Crippen LogP contribution >= 0.6 is 0 Å². The summed E-state index contributed by atoms with van der Waals surface area (Å²) < 4.78 is 44.7. The second-order valence-corrected chi connectivity index (χ2v) is 6.96. The van der Waals surface area contributed by atoms with Gasteiger partial charge in [-0.1, -0.05) is 33.8 Å². The molecule has 0 aromatic heterocycles. The summed E-state index contributed by atoms with van der Waals surface area (Å²) in [6, 6.07) is 0. The summed E-state index contributed by atoms with van der Waals surface area (Å²) in [5, 5.41) is 5.38. The van der Waals surface area contributed by atoms with E-state index in [9.17, 15) is 13.2 Å². The van der Waals surface area contributed by atoms with E-state index in [0.717, 1.165) is 12.2 Å². The number of nitrogens with two attached hydrogens (primary N) is 1. The van der Waals surface area contributed by atoms with Crippen LogP contribution in [-0.2, 0) is 4.74 Å². The smallest absolute Gasteiger partial charge is 0.477 e. The number of fused-ring (bicyclic) bond motifs is 1. The number of allylic oxidation sites excluding steroid dienone is 4. The molecular formula is C17H25F3NO+. The Bertz CT molecular complexity index is 505. The van der Waals surface area contributed by atoms with Crippen LogP contribution in [0.2, 0.25) is 0 Å². The van der Waals surface area contributed by atoms with Crippen LogP contribution in [0.25, 0.3) is 0 Å². The molecule has 2 rings (SSSR count). The SMILES string of the molecule is CC1C=C(OCC(C)C)C(C)C2CC2C(C(=[NH2+])C(F)(F)F)=C1. The molecule has 0 heterocycles. The van der Waals surface area contributed by atoms with Crippen LogP contribution < -0.4 is 5.41 Å². The molecule has 2 nitrogen and oxygen atoms in total. The van der Waals surface area contributed by atoms with E-state index in [-0.39, 0.29) is 29.2 Å². The van der Waals surface area contributed by atoms with Gasteiger partial charge in [0.2, 0.25) is 0 Å².